The summed E-state index contributed by atoms with van der Waals surface area (Å²) in [7, 11) is 1.67. The zero-order chi connectivity index (χ0) is 27.6. The number of halogens is 1. The van der Waals surface area contributed by atoms with Crippen molar-refractivity contribution in [2.45, 2.75) is 26.4 Å². The van der Waals surface area contributed by atoms with Gasteiger partial charge in [-0.15, -0.1) is 0 Å². The average molecular weight is 520 g/mol. The maximum absolute atomic E-state index is 14.8. The van der Waals surface area contributed by atoms with Crippen molar-refractivity contribution in [1.29, 1.82) is 0 Å². The summed E-state index contributed by atoms with van der Waals surface area (Å²) in [6.07, 6.45) is 1.35. The van der Waals surface area contributed by atoms with Crippen LogP contribution in [0.1, 0.15) is 29.9 Å². The van der Waals surface area contributed by atoms with E-state index >= 15 is 0 Å². The summed E-state index contributed by atoms with van der Waals surface area (Å²) in [5.41, 5.74) is -0.997. The number of rotatable bonds is 7. The summed E-state index contributed by atoms with van der Waals surface area (Å²) in [6, 6.07) is 15.6. The Morgan fingerprint density at radius 1 is 1.05 bits per heavy atom. The highest BCUT2D eigenvalue weighted by molar-refractivity contribution is 6.05. The smallest absolute Gasteiger partial charge is 0.284 e. The number of anilines is 2. The third-order valence-electron chi connectivity index (χ3n) is 5.73. The molecule has 2 aromatic carbocycles. The number of hydrogen-bond acceptors (Lipinski definition) is 6. The van der Waals surface area contributed by atoms with Crippen LogP contribution in [-0.2, 0) is 11.8 Å². The molecule has 3 N–H and O–H groups in total. The van der Waals surface area contributed by atoms with Crippen LogP contribution in [0.15, 0.2) is 71.7 Å². The van der Waals surface area contributed by atoms with Crippen molar-refractivity contribution in [3.05, 3.63) is 94.3 Å². The molecule has 4 rings (SSSR count). The zero-order valence-corrected chi connectivity index (χ0v) is 21.2. The van der Waals surface area contributed by atoms with Crippen LogP contribution in [0.2, 0.25) is 0 Å². The van der Waals surface area contributed by atoms with E-state index in [0.717, 1.165) is 6.07 Å². The lowest BCUT2D eigenvalue weighted by atomic mass is 10.1. The molecule has 0 aliphatic rings. The van der Waals surface area contributed by atoms with Gasteiger partial charge in [0, 0.05) is 31.1 Å². The van der Waals surface area contributed by atoms with Crippen LogP contribution >= 0.6 is 0 Å². The SMILES string of the molecule is Cc1c(C(=O)Nc2ccc(Oc3ccnc(NC(=O)C(C)(C)O)c3)c(F)c2)c(=O)n(-c2ccccc2)n1C. The average Bonchev–Trinajstić information content (AvgIpc) is 3.08. The monoisotopic (exact) mass is 519 g/mol. The first-order valence-electron chi connectivity index (χ1n) is 11.6. The van der Waals surface area contributed by atoms with Gasteiger partial charge >= 0.3 is 0 Å². The van der Waals surface area contributed by atoms with Gasteiger partial charge in [-0.2, -0.15) is 0 Å². The molecule has 0 spiro atoms. The predicted octanol–water partition coefficient (Wildman–Crippen LogP) is 3.77. The molecule has 0 aliphatic carbocycles. The quantitative estimate of drug-likeness (QED) is 0.341. The molecule has 0 atom stereocenters. The fourth-order valence-corrected chi connectivity index (χ4v) is 3.62. The number of nitrogens with one attached hydrogen (secondary N) is 2. The molecule has 2 heterocycles. The Morgan fingerprint density at radius 2 is 1.76 bits per heavy atom. The standard InChI is InChI=1S/C27H26FN5O5/c1-16-23(25(35)33(32(16)4)18-8-6-5-7-9-18)24(34)30-17-10-11-21(20(28)14-17)38-19-12-13-29-22(15-19)31-26(36)27(2,3)37/h5-15,37H,1-4H3,(H,30,34)(H,29,31,36). The summed E-state index contributed by atoms with van der Waals surface area (Å²) in [5, 5.41) is 14.8. The van der Waals surface area contributed by atoms with Gasteiger partial charge in [-0.05, 0) is 51.1 Å². The van der Waals surface area contributed by atoms with Gasteiger partial charge in [0.25, 0.3) is 17.4 Å². The number of pyridine rings is 1. The van der Waals surface area contributed by atoms with Crippen LogP contribution in [0.3, 0.4) is 0 Å². The molecule has 0 bridgehead atoms. The summed E-state index contributed by atoms with van der Waals surface area (Å²) in [5.74, 6) is -1.96. The van der Waals surface area contributed by atoms with Gasteiger partial charge in [-0.3, -0.25) is 19.1 Å². The maximum Gasteiger partial charge on any atom is 0.284 e. The number of para-hydroxylation sites is 1. The first-order valence-corrected chi connectivity index (χ1v) is 11.6. The minimum absolute atomic E-state index is 0.0606. The Labute approximate surface area is 217 Å². The largest absolute Gasteiger partial charge is 0.454 e. The highest BCUT2D eigenvalue weighted by Crippen LogP contribution is 2.28. The number of carbonyl (C=O) groups excluding carboxylic acids is 2. The number of benzene rings is 2. The molecule has 0 fully saturated rings. The van der Waals surface area contributed by atoms with Crippen LogP contribution in [0, 0.1) is 12.7 Å². The fraction of sp³-hybridized carbons (Fsp3) is 0.185. The van der Waals surface area contributed by atoms with Gasteiger partial charge < -0.3 is 20.5 Å². The van der Waals surface area contributed by atoms with Crippen molar-refractivity contribution in [1.82, 2.24) is 14.3 Å². The Kier molecular flexibility index (Phi) is 7.13. The van der Waals surface area contributed by atoms with Gasteiger partial charge in [0.2, 0.25) is 0 Å². The van der Waals surface area contributed by atoms with E-state index in [1.165, 1.54) is 49.0 Å². The molecule has 2 aromatic heterocycles. The molecule has 0 radical (unpaired) electrons. The van der Waals surface area contributed by atoms with Gasteiger partial charge in [-0.25, -0.2) is 14.1 Å². The van der Waals surface area contributed by atoms with E-state index in [1.54, 1.807) is 42.9 Å². The third-order valence-corrected chi connectivity index (χ3v) is 5.73. The molecular formula is C27H26FN5O5. The van der Waals surface area contributed by atoms with Crippen molar-refractivity contribution >= 4 is 23.3 Å². The van der Waals surface area contributed by atoms with Gasteiger partial charge in [-0.1, -0.05) is 18.2 Å². The second-order valence-electron chi connectivity index (χ2n) is 9.03. The maximum atomic E-state index is 14.8. The minimum atomic E-state index is -1.61. The highest BCUT2D eigenvalue weighted by atomic mass is 19.1. The van der Waals surface area contributed by atoms with Crippen LogP contribution in [0.5, 0.6) is 11.5 Å². The summed E-state index contributed by atoms with van der Waals surface area (Å²) < 4.78 is 23.4. The van der Waals surface area contributed by atoms with E-state index in [0.29, 0.717) is 11.4 Å². The highest BCUT2D eigenvalue weighted by Gasteiger charge is 2.24. The van der Waals surface area contributed by atoms with Crippen LogP contribution in [0.4, 0.5) is 15.9 Å². The molecule has 0 saturated carbocycles. The number of carbonyl (C=O) groups is 2. The Hall–Kier alpha value is -4.77. The first kappa shape index (κ1) is 26.3. The summed E-state index contributed by atoms with van der Waals surface area (Å²) >= 11 is 0. The number of nitrogens with zero attached hydrogens (tertiary/aromatic N) is 3. The van der Waals surface area contributed by atoms with Crippen molar-refractivity contribution in [3.63, 3.8) is 0 Å². The Bertz CT molecular complexity index is 1570. The molecule has 4 aromatic rings. The van der Waals surface area contributed by atoms with Gasteiger partial charge in [0.1, 0.15) is 22.7 Å². The van der Waals surface area contributed by atoms with Crippen molar-refractivity contribution in [2.75, 3.05) is 10.6 Å². The topological polar surface area (TPSA) is 127 Å². The van der Waals surface area contributed by atoms with E-state index in [9.17, 15) is 23.9 Å². The molecule has 0 saturated heterocycles. The normalized spacial score (nSPS) is 11.2. The Morgan fingerprint density at radius 3 is 2.42 bits per heavy atom. The minimum Gasteiger partial charge on any atom is -0.454 e. The number of aromatic nitrogens is 3. The van der Waals surface area contributed by atoms with Crippen LogP contribution in [-0.4, -0.2) is 36.9 Å². The van der Waals surface area contributed by atoms with Crippen molar-refractivity contribution in [3.8, 4) is 17.2 Å². The number of amides is 2. The fourth-order valence-electron chi connectivity index (χ4n) is 3.62. The van der Waals surface area contributed by atoms with Crippen LogP contribution < -0.4 is 20.9 Å². The molecule has 196 valence electrons. The lowest BCUT2D eigenvalue weighted by Crippen LogP contribution is -2.36. The second kappa shape index (κ2) is 10.3. The zero-order valence-electron chi connectivity index (χ0n) is 21.2. The molecule has 0 unspecified atom stereocenters. The molecule has 11 heteroatoms. The lowest BCUT2D eigenvalue weighted by Gasteiger charge is -2.16. The predicted molar refractivity (Wildman–Crippen MR) is 139 cm³/mol. The Balaban J connectivity index is 1.51. The lowest BCUT2D eigenvalue weighted by molar-refractivity contribution is -0.130. The summed E-state index contributed by atoms with van der Waals surface area (Å²) in [4.78, 5) is 42.0. The van der Waals surface area contributed by atoms with Gasteiger partial charge in [0.05, 0.1) is 11.4 Å². The number of ether oxygens (including phenoxy) is 1. The van der Waals surface area contributed by atoms with E-state index in [-0.39, 0.29) is 28.6 Å². The van der Waals surface area contributed by atoms with E-state index in [4.69, 9.17) is 4.74 Å². The first-order chi connectivity index (χ1) is 18.0. The molecule has 2 amide bonds. The van der Waals surface area contributed by atoms with E-state index in [2.05, 4.69) is 15.6 Å². The summed E-state index contributed by atoms with van der Waals surface area (Å²) in [6.45, 7) is 4.31. The number of hydrogen-bond donors (Lipinski definition) is 3. The molecule has 0 aliphatic heterocycles. The molecular weight excluding hydrogens is 493 g/mol. The van der Waals surface area contributed by atoms with Crippen molar-refractivity contribution in [2.24, 2.45) is 7.05 Å². The van der Waals surface area contributed by atoms with Crippen molar-refractivity contribution < 1.29 is 23.8 Å². The van der Waals surface area contributed by atoms with E-state index in [1.807, 2.05) is 6.07 Å². The van der Waals surface area contributed by atoms with Crippen LogP contribution in [0.25, 0.3) is 5.69 Å². The second-order valence-corrected chi connectivity index (χ2v) is 9.03. The van der Waals surface area contributed by atoms with E-state index < -0.39 is 28.8 Å². The molecule has 10 nitrogen and oxygen atoms in total. The third kappa shape index (κ3) is 5.47. The van der Waals surface area contributed by atoms with Gasteiger partial charge in [0.15, 0.2) is 11.6 Å². The molecule has 38 heavy (non-hydrogen) atoms. The number of aliphatic hydroxyl groups is 1.